The highest BCUT2D eigenvalue weighted by atomic mass is 16.4. The lowest BCUT2D eigenvalue weighted by molar-refractivity contribution is -0.139. The Kier molecular flexibility index (Phi) is 4.75. The summed E-state index contributed by atoms with van der Waals surface area (Å²) in [6.07, 6.45) is 2.19. The van der Waals surface area contributed by atoms with E-state index in [0.717, 1.165) is 6.42 Å². The molecule has 0 heterocycles. The Labute approximate surface area is 104 Å². The van der Waals surface area contributed by atoms with Gasteiger partial charge >= 0.3 is 18.0 Å². The number of nitrogens with one attached hydrogen (secondary N) is 3. The maximum atomic E-state index is 11.5. The van der Waals surface area contributed by atoms with Gasteiger partial charge in [-0.15, -0.1) is 0 Å². The van der Waals surface area contributed by atoms with Gasteiger partial charge < -0.3 is 26.8 Å². The lowest BCUT2D eigenvalue weighted by Crippen LogP contribution is -2.57. The topological polar surface area (TPSA) is 134 Å². The number of hydrogen-bond donors (Lipinski definition) is 5. The van der Waals surface area contributed by atoms with E-state index < -0.39 is 23.6 Å². The molecule has 1 aliphatic rings. The molecule has 1 fully saturated rings. The fourth-order valence-corrected chi connectivity index (χ4v) is 1.89. The summed E-state index contributed by atoms with van der Waals surface area (Å²) in [5.41, 5.74) is 4.23. The van der Waals surface area contributed by atoms with Crippen LogP contribution in [0.25, 0.3) is 0 Å². The van der Waals surface area contributed by atoms with E-state index in [1.165, 1.54) is 0 Å². The molecule has 0 aliphatic heterocycles. The molecule has 1 saturated carbocycles. The minimum absolute atomic E-state index is 0.0695. The molecular weight excluding hydrogens is 240 g/mol. The van der Waals surface area contributed by atoms with Gasteiger partial charge in [0, 0.05) is 13.1 Å². The fraction of sp³-hybridized carbons (Fsp3) is 0.700. The van der Waals surface area contributed by atoms with Gasteiger partial charge in [0.25, 0.3) is 0 Å². The van der Waals surface area contributed by atoms with Crippen LogP contribution in [-0.4, -0.2) is 41.8 Å². The molecule has 0 aromatic rings. The maximum Gasteiger partial charge on any atom is 0.315 e. The molecule has 8 heteroatoms. The van der Waals surface area contributed by atoms with Crippen molar-refractivity contribution in [3.8, 4) is 0 Å². The second-order valence-electron chi connectivity index (χ2n) is 4.38. The van der Waals surface area contributed by atoms with Gasteiger partial charge in [0.2, 0.25) is 0 Å². The number of nitrogens with two attached hydrogens (primary N) is 1. The Balaban J connectivity index is 2.25. The van der Waals surface area contributed by atoms with Crippen molar-refractivity contribution in [2.24, 2.45) is 5.73 Å². The molecule has 8 nitrogen and oxygen atoms in total. The van der Waals surface area contributed by atoms with Crippen molar-refractivity contribution in [2.75, 3.05) is 13.1 Å². The number of primary amides is 1. The number of urea groups is 2. The van der Waals surface area contributed by atoms with Crippen molar-refractivity contribution in [2.45, 2.75) is 31.2 Å². The molecule has 0 aromatic heterocycles. The molecule has 0 atom stereocenters. The van der Waals surface area contributed by atoms with Gasteiger partial charge in [-0.2, -0.15) is 0 Å². The lowest BCUT2D eigenvalue weighted by Gasteiger charge is -2.41. The van der Waals surface area contributed by atoms with Gasteiger partial charge in [-0.1, -0.05) is 0 Å². The van der Waals surface area contributed by atoms with E-state index in [1.54, 1.807) is 0 Å². The lowest BCUT2D eigenvalue weighted by atomic mass is 9.74. The van der Waals surface area contributed by atoms with Crippen LogP contribution in [-0.2, 0) is 4.79 Å². The monoisotopic (exact) mass is 258 g/mol. The van der Waals surface area contributed by atoms with Crippen molar-refractivity contribution in [1.82, 2.24) is 16.0 Å². The zero-order chi connectivity index (χ0) is 13.6. The third-order valence-electron chi connectivity index (χ3n) is 2.89. The molecule has 0 radical (unpaired) electrons. The zero-order valence-electron chi connectivity index (χ0n) is 9.99. The summed E-state index contributed by atoms with van der Waals surface area (Å²) in [5, 5.41) is 16.3. The van der Waals surface area contributed by atoms with Crippen LogP contribution in [0.1, 0.15) is 25.7 Å². The van der Waals surface area contributed by atoms with E-state index in [0.29, 0.717) is 12.8 Å². The number of rotatable bonds is 6. The Morgan fingerprint density at radius 2 is 1.78 bits per heavy atom. The quantitative estimate of drug-likeness (QED) is 0.405. The summed E-state index contributed by atoms with van der Waals surface area (Å²) in [6.45, 7) is 0.465. The minimum Gasteiger partial charge on any atom is -0.481 e. The van der Waals surface area contributed by atoms with Gasteiger partial charge in [0.05, 0.1) is 12.0 Å². The van der Waals surface area contributed by atoms with Crippen LogP contribution in [0.15, 0.2) is 0 Å². The molecule has 0 unspecified atom stereocenters. The molecule has 1 aliphatic carbocycles. The molecule has 4 amide bonds. The van der Waals surface area contributed by atoms with E-state index in [1.807, 2.05) is 0 Å². The first-order valence-corrected chi connectivity index (χ1v) is 5.75. The van der Waals surface area contributed by atoms with Crippen LogP contribution in [0.3, 0.4) is 0 Å². The third kappa shape index (κ3) is 4.48. The zero-order valence-corrected chi connectivity index (χ0v) is 9.99. The molecule has 0 bridgehead atoms. The van der Waals surface area contributed by atoms with Crippen LogP contribution >= 0.6 is 0 Å². The van der Waals surface area contributed by atoms with Crippen LogP contribution in [0.5, 0.6) is 0 Å². The molecule has 6 N–H and O–H groups in total. The molecule has 1 rings (SSSR count). The van der Waals surface area contributed by atoms with Crippen LogP contribution < -0.4 is 21.7 Å². The molecule has 18 heavy (non-hydrogen) atoms. The highest BCUT2D eigenvalue weighted by Crippen LogP contribution is 2.34. The van der Waals surface area contributed by atoms with Gasteiger partial charge in [-0.3, -0.25) is 4.79 Å². The summed E-state index contributed by atoms with van der Waals surface area (Å²) in [7, 11) is 0. The number of hydrogen-bond acceptors (Lipinski definition) is 3. The van der Waals surface area contributed by atoms with Crippen LogP contribution in [0, 0.1) is 0 Å². The van der Waals surface area contributed by atoms with Crippen molar-refractivity contribution >= 4 is 18.0 Å². The van der Waals surface area contributed by atoms with E-state index in [-0.39, 0.29) is 19.5 Å². The molecule has 0 aromatic carbocycles. The van der Waals surface area contributed by atoms with Crippen LogP contribution in [0.4, 0.5) is 9.59 Å². The van der Waals surface area contributed by atoms with Crippen molar-refractivity contribution in [3.63, 3.8) is 0 Å². The minimum atomic E-state index is -0.926. The average molecular weight is 258 g/mol. The van der Waals surface area contributed by atoms with E-state index in [4.69, 9.17) is 10.8 Å². The molecular formula is C10H18N4O4. The average Bonchev–Trinajstić information content (AvgIpc) is 2.20. The second kappa shape index (κ2) is 6.08. The van der Waals surface area contributed by atoms with Crippen LogP contribution in [0.2, 0.25) is 0 Å². The number of amides is 4. The molecule has 0 saturated heterocycles. The number of carboxylic acid groups (broad SMARTS) is 1. The molecule has 0 spiro atoms. The Morgan fingerprint density at radius 1 is 1.17 bits per heavy atom. The van der Waals surface area contributed by atoms with Gasteiger partial charge in [-0.25, -0.2) is 9.59 Å². The summed E-state index contributed by atoms with van der Waals surface area (Å²) < 4.78 is 0. The maximum absolute atomic E-state index is 11.5. The SMILES string of the molecule is NC(=O)NCCNC(=O)NC1(CC(=O)O)CCC1. The smallest absolute Gasteiger partial charge is 0.315 e. The first-order chi connectivity index (χ1) is 8.43. The highest BCUT2D eigenvalue weighted by molar-refractivity contribution is 5.77. The number of carbonyl (C=O) groups excluding carboxylic acids is 2. The standard InChI is InChI=1S/C10H18N4O4/c11-8(17)12-4-5-13-9(18)14-10(2-1-3-10)6-7(15)16/h1-6H2,(H,15,16)(H3,11,12,17)(H2,13,14,18). The Hall–Kier alpha value is -1.99. The Bertz CT molecular complexity index is 341. The van der Waals surface area contributed by atoms with E-state index in [9.17, 15) is 14.4 Å². The first kappa shape index (κ1) is 14.1. The van der Waals surface area contributed by atoms with Gasteiger partial charge in [0.15, 0.2) is 0 Å². The first-order valence-electron chi connectivity index (χ1n) is 5.75. The number of aliphatic carboxylic acids is 1. The van der Waals surface area contributed by atoms with E-state index in [2.05, 4.69) is 16.0 Å². The Morgan fingerprint density at radius 3 is 2.22 bits per heavy atom. The largest absolute Gasteiger partial charge is 0.481 e. The van der Waals surface area contributed by atoms with Gasteiger partial charge in [0.1, 0.15) is 0 Å². The van der Waals surface area contributed by atoms with Crippen molar-refractivity contribution < 1.29 is 19.5 Å². The van der Waals surface area contributed by atoms with Gasteiger partial charge in [-0.05, 0) is 19.3 Å². The van der Waals surface area contributed by atoms with E-state index >= 15 is 0 Å². The normalized spacial score (nSPS) is 16.2. The predicted octanol–water partition coefficient (Wildman–Crippen LogP) is -0.649. The summed E-state index contributed by atoms with van der Waals surface area (Å²) in [6, 6.07) is -1.08. The second-order valence-corrected chi connectivity index (χ2v) is 4.38. The summed E-state index contributed by atoms with van der Waals surface area (Å²) in [4.78, 5) is 32.6. The third-order valence-corrected chi connectivity index (χ3v) is 2.89. The number of carbonyl (C=O) groups is 3. The summed E-state index contributed by atoms with van der Waals surface area (Å²) in [5.74, 6) is -0.926. The number of carboxylic acids is 1. The highest BCUT2D eigenvalue weighted by Gasteiger charge is 2.40. The van der Waals surface area contributed by atoms with Crippen molar-refractivity contribution in [3.05, 3.63) is 0 Å². The van der Waals surface area contributed by atoms with Crippen molar-refractivity contribution in [1.29, 1.82) is 0 Å². The fourth-order valence-electron chi connectivity index (χ4n) is 1.89. The predicted molar refractivity (Wildman–Crippen MR) is 63.0 cm³/mol. The summed E-state index contributed by atoms with van der Waals surface area (Å²) >= 11 is 0. The molecule has 102 valence electrons.